The Hall–Kier alpha value is -3.19. The monoisotopic (exact) mass is 575 g/mol. The fourth-order valence-electron chi connectivity index (χ4n) is 6.70. The van der Waals surface area contributed by atoms with Crippen molar-refractivity contribution in [3.05, 3.63) is 16.0 Å². The number of ketones is 1. The Morgan fingerprint density at radius 2 is 1.82 bits per heavy atom. The van der Waals surface area contributed by atoms with Crippen LogP contribution in [0.4, 0.5) is 14.6 Å². The second kappa shape index (κ2) is 10.7. The Kier molecular flexibility index (Phi) is 7.55. The molecule has 1 unspecified atom stereocenters. The molecule has 1 aromatic rings. The zero-order valence-electron chi connectivity index (χ0n) is 23.2. The van der Waals surface area contributed by atoms with E-state index in [2.05, 4.69) is 15.5 Å². The van der Waals surface area contributed by atoms with Crippen LogP contribution in [-0.4, -0.2) is 106 Å². The summed E-state index contributed by atoms with van der Waals surface area (Å²) in [6.45, 7) is 7.77. The van der Waals surface area contributed by atoms with Crippen molar-refractivity contribution in [2.75, 3.05) is 44.6 Å². The number of carbonyl (C=O) groups excluding carboxylic acids is 4. The number of Topliss-reactive ketones (excluding diaryl/α,β-unsaturated/α-hetero) is 1. The minimum absolute atomic E-state index is 0.00556. The molecule has 1 atom stereocenters. The number of thiophene rings is 1. The third-order valence-electron chi connectivity index (χ3n) is 8.43. The van der Waals surface area contributed by atoms with Crippen LogP contribution in [0.25, 0.3) is 0 Å². The molecule has 12 nitrogen and oxygen atoms in total. The first-order valence-electron chi connectivity index (χ1n) is 14.0. The van der Waals surface area contributed by atoms with Crippen molar-refractivity contribution < 1.29 is 33.8 Å². The van der Waals surface area contributed by atoms with Gasteiger partial charge in [-0.05, 0) is 52.0 Å². The highest BCUT2D eigenvalue weighted by molar-refractivity contribution is 7.18. The SMILES string of the molecule is CCNC(=O)Nc1sc2c(c1C(=O)N1CCC(N3CCN(C(=O)O)C4(C3)CC(C)(C)OC4=O)CC1)CCCC2=O. The lowest BCUT2D eigenvalue weighted by molar-refractivity contribution is -0.156. The van der Waals surface area contributed by atoms with E-state index in [1.807, 2.05) is 0 Å². The van der Waals surface area contributed by atoms with Gasteiger partial charge in [-0.25, -0.2) is 14.4 Å². The van der Waals surface area contributed by atoms with Crippen LogP contribution in [0.15, 0.2) is 0 Å². The Labute approximate surface area is 237 Å². The van der Waals surface area contributed by atoms with E-state index in [-0.39, 0.29) is 30.8 Å². The summed E-state index contributed by atoms with van der Waals surface area (Å²) in [6, 6.07) is -0.330. The number of likely N-dealkylation sites (tertiary alicyclic amines) is 1. The standard InChI is InChI=1S/C27H37N5O7S/c1-4-28-24(36)29-21-19(17-6-5-7-18(33)20(17)40-21)22(34)30-10-8-16(9-11-30)31-12-13-32(25(37)38)27(15-31)14-26(2,3)39-23(27)35/h16H,4-15H2,1-3H3,(H,37,38)(H2,28,29,36). The summed E-state index contributed by atoms with van der Waals surface area (Å²) in [5.41, 5.74) is -0.829. The van der Waals surface area contributed by atoms with Crippen molar-refractivity contribution >= 4 is 46.1 Å². The van der Waals surface area contributed by atoms with Crippen molar-refractivity contribution in [2.24, 2.45) is 0 Å². The molecule has 13 heteroatoms. The Morgan fingerprint density at radius 1 is 1.10 bits per heavy atom. The van der Waals surface area contributed by atoms with Crippen molar-refractivity contribution in [3.63, 3.8) is 0 Å². The number of piperidine rings is 1. The molecule has 40 heavy (non-hydrogen) atoms. The normalized spacial score (nSPS) is 25.1. The molecule has 1 aliphatic carbocycles. The minimum Gasteiger partial charge on any atom is -0.465 e. The van der Waals surface area contributed by atoms with E-state index in [1.165, 1.54) is 16.2 Å². The van der Waals surface area contributed by atoms with Crippen LogP contribution in [0.5, 0.6) is 0 Å². The number of urea groups is 1. The lowest BCUT2D eigenvalue weighted by Crippen LogP contribution is -2.68. The van der Waals surface area contributed by atoms with Crippen molar-refractivity contribution in [3.8, 4) is 0 Å². The summed E-state index contributed by atoms with van der Waals surface area (Å²) in [7, 11) is 0. The number of nitrogens with one attached hydrogen (secondary N) is 2. The van der Waals surface area contributed by atoms with Gasteiger partial charge in [-0.1, -0.05) is 0 Å². The first-order chi connectivity index (χ1) is 19.0. The molecule has 1 aromatic heterocycles. The average Bonchev–Trinajstić information content (AvgIpc) is 3.37. The first kappa shape index (κ1) is 28.3. The number of nitrogens with zero attached hydrogens (tertiary/aromatic N) is 3. The number of fused-ring (bicyclic) bond motifs is 1. The van der Waals surface area contributed by atoms with Gasteiger partial charge in [-0.2, -0.15) is 0 Å². The Morgan fingerprint density at radius 3 is 2.45 bits per heavy atom. The van der Waals surface area contributed by atoms with E-state index in [0.717, 1.165) is 5.56 Å². The molecule has 0 saturated carbocycles. The van der Waals surface area contributed by atoms with Gasteiger partial charge in [0, 0.05) is 58.2 Å². The summed E-state index contributed by atoms with van der Waals surface area (Å²) in [5, 5.41) is 15.7. The number of rotatable bonds is 4. The number of cyclic esters (lactones) is 1. The minimum atomic E-state index is -1.23. The van der Waals surface area contributed by atoms with Gasteiger partial charge in [0.05, 0.1) is 10.4 Å². The lowest BCUT2D eigenvalue weighted by atomic mass is 9.85. The third kappa shape index (κ3) is 5.05. The molecule has 0 radical (unpaired) electrons. The molecular weight excluding hydrogens is 538 g/mol. The highest BCUT2D eigenvalue weighted by Gasteiger charge is 2.60. The Bertz CT molecular complexity index is 1240. The lowest BCUT2D eigenvalue weighted by Gasteiger charge is -2.49. The summed E-state index contributed by atoms with van der Waals surface area (Å²) in [5.74, 6) is -0.683. The van der Waals surface area contributed by atoms with Crippen molar-refractivity contribution in [1.82, 2.24) is 20.0 Å². The fraction of sp³-hybridized carbons (Fsp3) is 0.667. The molecule has 0 aromatic carbocycles. The maximum Gasteiger partial charge on any atom is 0.408 e. The average molecular weight is 576 g/mol. The number of amides is 4. The summed E-state index contributed by atoms with van der Waals surface area (Å²) < 4.78 is 5.57. The van der Waals surface area contributed by atoms with Gasteiger partial charge >= 0.3 is 18.1 Å². The van der Waals surface area contributed by atoms with Gasteiger partial charge in [-0.15, -0.1) is 11.3 Å². The van der Waals surface area contributed by atoms with E-state index >= 15 is 0 Å². The molecule has 4 aliphatic rings. The predicted molar refractivity (Wildman–Crippen MR) is 147 cm³/mol. The molecule has 3 fully saturated rings. The highest BCUT2D eigenvalue weighted by Crippen LogP contribution is 2.42. The topological polar surface area (TPSA) is 149 Å². The van der Waals surface area contributed by atoms with Crippen LogP contribution in [0, 0.1) is 0 Å². The molecule has 4 amide bonds. The predicted octanol–water partition coefficient (Wildman–Crippen LogP) is 2.77. The molecule has 1 spiro atoms. The molecule has 3 saturated heterocycles. The third-order valence-corrected chi connectivity index (χ3v) is 9.62. The van der Waals surface area contributed by atoms with Crippen molar-refractivity contribution in [1.29, 1.82) is 0 Å². The van der Waals surface area contributed by atoms with Crippen LogP contribution in [0.3, 0.4) is 0 Å². The van der Waals surface area contributed by atoms with E-state index in [1.54, 1.807) is 25.7 Å². The fourth-order valence-corrected chi connectivity index (χ4v) is 7.90. The maximum atomic E-state index is 13.8. The second-order valence-corrected chi connectivity index (χ2v) is 12.7. The number of ether oxygens (including phenoxy) is 1. The number of hydrogen-bond acceptors (Lipinski definition) is 8. The van der Waals surface area contributed by atoms with Gasteiger partial charge in [0.15, 0.2) is 11.3 Å². The number of carboxylic acid groups (broad SMARTS) is 1. The number of anilines is 1. The van der Waals surface area contributed by atoms with Gasteiger partial charge < -0.3 is 20.1 Å². The molecule has 4 heterocycles. The summed E-state index contributed by atoms with van der Waals surface area (Å²) in [4.78, 5) is 69.5. The van der Waals surface area contributed by atoms with Crippen LogP contribution in [-0.2, 0) is 16.0 Å². The molecule has 218 valence electrons. The zero-order chi connectivity index (χ0) is 28.8. The molecule has 3 N–H and O–H groups in total. The van der Waals surface area contributed by atoms with Crippen LogP contribution in [0.1, 0.15) is 78.5 Å². The van der Waals surface area contributed by atoms with E-state index in [0.29, 0.717) is 80.1 Å². The first-order valence-corrected chi connectivity index (χ1v) is 14.8. The molecule has 0 bridgehead atoms. The molecule has 3 aliphatic heterocycles. The molecular formula is C27H37N5O7S. The molecule has 5 rings (SSSR count). The summed E-state index contributed by atoms with van der Waals surface area (Å²) in [6.07, 6.45) is 2.24. The van der Waals surface area contributed by atoms with E-state index in [9.17, 15) is 29.1 Å². The van der Waals surface area contributed by atoms with Gasteiger partial charge in [0.1, 0.15) is 10.6 Å². The van der Waals surface area contributed by atoms with Crippen molar-refractivity contribution in [2.45, 2.75) is 76.5 Å². The zero-order valence-corrected chi connectivity index (χ0v) is 24.0. The Balaban J connectivity index is 1.31. The quantitative estimate of drug-likeness (QED) is 0.464. The number of carbonyl (C=O) groups is 5. The van der Waals surface area contributed by atoms with Gasteiger partial charge in [-0.3, -0.25) is 24.7 Å². The number of esters is 1. The van der Waals surface area contributed by atoms with Crippen LogP contribution in [0.2, 0.25) is 0 Å². The van der Waals surface area contributed by atoms with E-state index in [4.69, 9.17) is 4.74 Å². The van der Waals surface area contributed by atoms with Gasteiger partial charge in [0.2, 0.25) is 0 Å². The van der Waals surface area contributed by atoms with Crippen LogP contribution >= 0.6 is 11.3 Å². The van der Waals surface area contributed by atoms with Crippen LogP contribution < -0.4 is 10.6 Å². The smallest absolute Gasteiger partial charge is 0.408 e. The summed E-state index contributed by atoms with van der Waals surface area (Å²) >= 11 is 1.18. The number of piperazine rings is 1. The highest BCUT2D eigenvalue weighted by atomic mass is 32.1. The second-order valence-electron chi connectivity index (χ2n) is 11.7. The van der Waals surface area contributed by atoms with Gasteiger partial charge in [0.25, 0.3) is 5.91 Å². The largest absolute Gasteiger partial charge is 0.465 e. The maximum absolute atomic E-state index is 13.8. The van der Waals surface area contributed by atoms with E-state index < -0.39 is 29.2 Å². The number of hydrogen-bond donors (Lipinski definition) is 3.